The number of hydrogen-bond acceptors (Lipinski definition) is 6. The minimum atomic E-state index is -0.0723. The molecule has 2 aromatic rings. The molecule has 0 spiro atoms. The molecule has 1 atom stereocenters. The number of carbonyl (C=O) groups excluding carboxylic acids is 3. The van der Waals surface area contributed by atoms with E-state index in [9.17, 15) is 14.4 Å². The van der Waals surface area contributed by atoms with Crippen LogP contribution in [0.25, 0.3) is 0 Å². The normalized spacial score (nSPS) is 15.5. The Morgan fingerprint density at radius 1 is 1.12 bits per heavy atom. The number of ketones is 2. The van der Waals surface area contributed by atoms with E-state index in [0.717, 1.165) is 35.6 Å². The van der Waals surface area contributed by atoms with Crippen LogP contribution in [0, 0.1) is 6.92 Å². The fourth-order valence-corrected chi connectivity index (χ4v) is 4.60. The summed E-state index contributed by atoms with van der Waals surface area (Å²) in [7, 11) is 1.62. The second-order valence-corrected chi connectivity index (χ2v) is 9.42. The predicted molar refractivity (Wildman–Crippen MR) is 124 cm³/mol. The van der Waals surface area contributed by atoms with Crippen LogP contribution in [0.1, 0.15) is 58.6 Å². The van der Waals surface area contributed by atoms with Crippen LogP contribution in [0.4, 0.5) is 0 Å². The monoisotopic (exact) mass is 457 g/mol. The lowest BCUT2D eigenvalue weighted by Gasteiger charge is -2.26. The van der Waals surface area contributed by atoms with Gasteiger partial charge in [0.1, 0.15) is 11.5 Å². The van der Waals surface area contributed by atoms with E-state index >= 15 is 0 Å². The van der Waals surface area contributed by atoms with E-state index in [1.54, 1.807) is 18.1 Å². The van der Waals surface area contributed by atoms with Crippen molar-refractivity contribution in [3.8, 4) is 5.75 Å². The first-order valence-electron chi connectivity index (χ1n) is 11.1. The van der Waals surface area contributed by atoms with Crippen molar-refractivity contribution in [2.75, 3.05) is 20.3 Å². The number of nitrogens with zero attached hydrogens (tertiary/aromatic N) is 1. The van der Waals surface area contributed by atoms with Gasteiger partial charge >= 0.3 is 0 Å². The molecule has 0 N–H and O–H groups in total. The Bertz CT molecular complexity index is 932. The van der Waals surface area contributed by atoms with Crippen molar-refractivity contribution in [3.63, 3.8) is 0 Å². The number of amides is 1. The van der Waals surface area contributed by atoms with Crippen molar-refractivity contribution in [2.24, 2.45) is 0 Å². The van der Waals surface area contributed by atoms with Crippen molar-refractivity contribution in [1.82, 2.24) is 4.90 Å². The Morgan fingerprint density at radius 3 is 2.62 bits per heavy atom. The van der Waals surface area contributed by atoms with Crippen LogP contribution in [-0.4, -0.2) is 48.7 Å². The third kappa shape index (κ3) is 7.28. The van der Waals surface area contributed by atoms with Crippen LogP contribution in [-0.2, 0) is 20.9 Å². The van der Waals surface area contributed by atoms with E-state index in [0.29, 0.717) is 18.0 Å². The molecule has 1 fully saturated rings. The highest BCUT2D eigenvalue weighted by atomic mass is 32.1. The summed E-state index contributed by atoms with van der Waals surface area (Å²) in [5.74, 6) is 0.601. The number of ether oxygens (including phenoxy) is 2. The van der Waals surface area contributed by atoms with Gasteiger partial charge in [-0.1, -0.05) is 12.1 Å². The summed E-state index contributed by atoms with van der Waals surface area (Å²) < 4.78 is 11.0. The number of thiophene rings is 1. The quantitative estimate of drug-likeness (QED) is 0.436. The van der Waals surface area contributed by atoms with E-state index < -0.39 is 0 Å². The minimum absolute atomic E-state index is 0.0131. The summed E-state index contributed by atoms with van der Waals surface area (Å²) in [6.07, 6.45) is 2.62. The number of Topliss-reactive ketones (excluding diaryl/α,β-unsaturated/α-hetero) is 2. The number of hydrogen-bond donors (Lipinski definition) is 0. The van der Waals surface area contributed by atoms with E-state index in [1.165, 1.54) is 11.3 Å². The third-order valence-electron chi connectivity index (χ3n) is 5.57. The molecule has 1 aromatic heterocycles. The first kappa shape index (κ1) is 24.1. The molecule has 0 aliphatic carbocycles. The van der Waals surface area contributed by atoms with Gasteiger partial charge in [0, 0.05) is 50.3 Å². The van der Waals surface area contributed by atoms with Crippen LogP contribution in [0.15, 0.2) is 36.4 Å². The Balaban J connectivity index is 1.52. The van der Waals surface area contributed by atoms with Gasteiger partial charge in [-0.3, -0.25) is 14.4 Å². The predicted octanol–water partition coefficient (Wildman–Crippen LogP) is 4.59. The van der Waals surface area contributed by atoms with Crippen molar-refractivity contribution in [1.29, 1.82) is 0 Å². The van der Waals surface area contributed by atoms with Gasteiger partial charge in [-0.25, -0.2) is 0 Å². The second kappa shape index (κ2) is 11.9. The molecule has 1 saturated heterocycles. The summed E-state index contributed by atoms with van der Waals surface area (Å²) in [6, 6.07) is 11.4. The molecule has 1 aromatic carbocycles. The Hall–Kier alpha value is -2.51. The summed E-state index contributed by atoms with van der Waals surface area (Å²) >= 11 is 1.45. The smallest absolute Gasteiger partial charge is 0.223 e. The first-order valence-corrected chi connectivity index (χ1v) is 11.9. The molecule has 2 heterocycles. The molecule has 1 aliphatic heterocycles. The second-order valence-electron chi connectivity index (χ2n) is 8.13. The zero-order valence-corrected chi connectivity index (χ0v) is 19.6. The highest BCUT2D eigenvalue weighted by Gasteiger charge is 2.23. The van der Waals surface area contributed by atoms with Crippen LogP contribution in [0.2, 0.25) is 0 Å². The SMILES string of the molecule is COc1cccc(CN(CC2CCCO2)C(=O)CCC(=O)CCC(=O)c2ccc(C)s2)c1. The Morgan fingerprint density at radius 2 is 1.94 bits per heavy atom. The Kier molecular flexibility index (Phi) is 9.00. The van der Waals surface area contributed by atoms with Crippen LogP contribution in [0.3, 0.4) is 0 Å². The molecule has 32 heavy (non-hydrogen) atoms. The fraction of sp³-hybridized carbons (Fsp3) is 0.480. The molecule has 6 nitrogen and oxygen atoms in total. The minimum Gasteiger partial charge on any atom is -0.497 e. The molecular formula is C25H31NO5S. The van der Waals surface area contributed by atoms with Crippen LogP contribution in [0.5, 0.6) is 5.75 Å². The molecule has 0 bridgehead atoms. The highest BCUT2D eigenvalue weighted by molar-refractivity contribution is 7.14. The van der Waals surface area contributed by atoms with Crippen molar-refractivity contribution >= 4 is 28.8 Å². The summed E-state index contributed by atoms with van der Waals surface area (Å²) in [5, 5.41) is 0. The summed E-state index contributed by atoms with van der Waals surface area (Å²) in [6.45, 7) is 3.63. The maximum atomic E-state index is 13.0. The molecule has 0 saturated carbocycles. The zero-order chi connectivity index (χ0) is 22.9. The third-order valence-corrected chi connectivity index (χ3v) is 6.61. The lowest BCUT2D eigenvalue weighted by Crippen LogP contribution is -2.37. The summed E-state index contributed by atoms with van der Waals surface area (Å²) in [4.78, 5) is 41.1. The van der Waals surface area contributed by atoms with Crippen LogP contribution < -0.4 is 4.74 Å². The Labute approximate surface area is 193 Å². The highest BCUT2D eigenvalue weighted by Crippen LogP contribution is 2.20. The fourth-order valence-electron chi connectivity index (χ4n) is 3.77. The first-order chi connectivity index (χ1) is 15.4. The van der Waals surface area contributed by atoms with E-state index in [2.05, 4.69) is 0 Å². The standard InChI is InChI=1S/C25H31NO5S/c1-18-8-12-24(32-18)23(28)11-9-20(27)10-13-25(29)26(17-22-7-4-14-31-22)16-19-5-3-6-21(15-19)30-2/h3,5-6,8,12,15,22H,4,7,9-11,13-14,16-17H2,1-2H3. The van der Waals surface area contributed by atoms with Gasteiger partial charge in [-0.15, -0.1) is 11.3 Å². The molecule has 172 valence electrons. The van der Waals surface area contributed by atoms with Gasteiger partial charge in [0.15, 0.2) is 5.78 Å². The van der Waals surface area contributed by atoms with Gasteiger partial charge in [0.2, 0.25) is 5.91 Å². The molecule has 1 unspecified atom stereocenters. The maximum absolute atomic E-state index is 13.0. The molecular weight excluding hydrogens is 426 g/mol. The molecule has 0 radical (unpaired) electrons. The van der Waals surface area contributed by atoms with E-state index in [1.807, 2.05) is 37.3 Å². The molecule has 1 aliphatic rings. The van der Waals surface area contributed by atoms with Crippen molar-refractivity contribution in [3.05, 3.63) is 51.7 Å². The zero-order valence-electron chi connectivity index (χ0n) is 18.8. The van der Waals surface area contributed by atoms with Crippen molar-refractivity contribution < 1.29 is 23.9 Å². The lowest BCUT2D eigenvalue weighted by atomic mass is 10.1. The van der Waals surface area contributed by atoms with Crippen LogP contribution >= 0.6 is 11.3 Å². The lowest BCUT2D eigenvalue weighted by molar-refractivity contribution is -0.135. The van der Waals surface area contributed by atoms with E-state index in [-0.39, 0.29) is 49.3 Å². The molecule has 1 amide bonds. The summed E-state index contributed by atoms with van der Waals surface area (Å²) in [5.41, 5.74) is 0.971. The van der Waals surface area contributed by atoms with Gasteiger partial charge in [0.25, 0.3) is 0 Å². The van der Waals surface area contributed by atoms with Gasteiger partial charge in [-0.05, 0) is 49.6 Å². The maximum Gasteiger partial charge on any atom is 0.223 e. The average molecular weight is 458 g/mol. The van der Waals surface area contributed by atoms with Gasteiger partial charge in [-0.2, -0.15) is 0 Å². The van der Waals surface area contributed by atoms with Gasteiger partial charge < -0.3 is 14.4 Å². The van der Waals surface area contributed by atoms with E-state index in [4.69, 9.17) is 9.47 Å². The number of benzene rings is 1. The number of rotatable bonds is 12. The number of methoxy groups -OCH3 is 1. The molecule has 7 heteroatoms. The number of carbonyl (C=O) groups is 3. The molecule has 3 rings (SSSR count). The number of aryl methyl sites for hydroxylation is 1. The topological polar surface area (TPSA) is 72.9 Å². The van der Waals surface area contributed by atoms with Gasteiger partial charge in [0.05, 0.1) is 18.1 Å². The van der Waals surface area contributed by atoms with Crippen molar-refractivity contribution in [2.45, 2.75) is 58.1 Å². The average Bonchev–Trinajstić information content (AvgIpc) is 3.47. The largest absolute Gasteiger partial charge is 0.497 e.